The number of oxazole rings is 1. The van der Waals surface area contributed by atoms with Gasteiger partial charge in [0.2, 0.25) is 5.89 Å². The van der Waals surface area contributed by atoms with Crippen molar-refractivity contribution < 1.29 is 18.3 Å². The summed E-state index contributed by atoms with van der Waals surface area (Å²) in [6.45, 7) is 3.02. The summed E-state index contributed by atoms with van der Waals surface area (Å²) in [4.78, 5) is 16.9. The van der Waals surface area contributed by atoms with Crippen molar-refractivity contribution in [2.45, 2.75) is 57.6 Å². The number of hydrogen-bond acceptors (Lipinski definition) is 4. The van der Waals surface area contributed by atoms with Crippen LogP contribution in [0.3, 0.4) is 0 Å². The van der Waals surface area contributed by atoms with Gasteiger partial charge >= 0.3 is 0 Å². The van der Waals surface area contributed by atoms with Crippen molar-refractivity contribution in [2.24, 2.45) is 0 Å². The Labute approximate surface area is 173 Å². The summed E-state index contributed by atoms with van der Waals surface area (Å²) >= 11 is 0. The summed E-state index contributed by atoms with van der Waals surface area (Å²) in [7, 11) is 0. The Bertz CT molecular complexity index is 1120. The second kappa shape index (κ2) is 7.80. The zero-order chi connectivity index (χ0) is 21.5. The van der Waals surface area contributed by atoms with E-state index in [1.165, 1.54) is 26.0 Å². The van der Waals surface area contributed by atoms with Crippen LogP contribution < -0.4 is 5.56 Å². The molecule has 1 N–H and O–H groups in total. The smallest absolute Gasteiger partial charge is 0.250 e. The van der Waals surface area contributed by atoms with Crippen molar-refractivity contribution in [1.29, 1.82) is 0 Å². The zero-order valence-corrected chi connectivity index (χ0v) is 17.0. The lowest BCUT2D eigenvalue weighted by Crippen LogP contribution is -2.25. The van der Waals surface area contributed by atoms with Crippen molar-refractivity contribution in [3.63, 3.8) is 0 Å². The first-order valence-electron chi connectivity index (χ1n) is 10.2. The second-order valence-corrected chi connectivity index (χ2v) is 8.34. The lowest BCUT2D eigenvalue weighted by Gasteiger charge is -2.24. The molecule has 0 unspecified atom stereocenters. The van der Waals surface area contributed by atoms with Crippen LogP contribution in [0, 0.1) is 11.6 Å². The van der Waals surface area contributed by atoms with Crippen molar-refractivity contribution in [1.82, 2.24) is 9.55 Å². The molecule has 0 spiro atoms. The van der Waals surface area contributed by atoms with Gasteiger partial charge in [-0.1, -0.05) is 19.3 Å². The first-order valence-corrected chi connectivity index (χ1v) is 10.2. The number of aliphatic hydroxyl groups is 1. The summed E-state index contributed by atoms with van der Waals surface area (Å²) in [6.07, 6.45) is 6.87. The van der Waals surface area contributed by atoms with Crippen LogP contribution in [0.5, 0.6) is 0 Å². The first-order chi connectivity index (χ1) is 14.2. The van der Waals surface area contributed by atoms with Gasteiger partial charge in [0.15, 0.2) is 5.76 Å². The molecule has 158 valence electrons. The molecule has 1 aliphatic rings. The number of halogens is 2. The Morgan fingerprint density at radius 2 is 1.87 bits per heavy atom. The molecule has 0 saturated heterocycles. The first kappa shape index (κ1) is 20.5. The summed E-state index contributed by atoms with van der Waals surface area (Å²) < 4.78 is 35.4. The Balaban J connectivity index is 1.88. The zero-order valence-electron chi connectivity index (χ0n) is 17.0. The number of hydrogen-bond donors (Lipinski definition) is 1. The van der Waals surface area contributed by atoms with Gasteiger partial charge in [0, 0.05) is 29.9 Å². The SMILES string of the molecule is CC(C)(O)c1nc(-c2ccc(=O)n(C3CCCCC3)c2)c(-c2ccc(F)cc2F)o1. The number of nitrogens with zero attached hydrogens (tertiary/aromatic N) is 2. The minimum atomic E-state index is -1.40. The van der Waals surface area contributed by atoms with Gasteiger partial charge in [-0.05, 0) is 44.9 Å². The summed E-state index contributed by atoms with van der Waals surface area (Å²) in [5.41, 5.74) is -0.613. The molecule has 5 nitrogen and oxygen atoms in total. The minimum Gasteiger partial charge on any atom is -0.437 e. The van der Waals surface area contributed by atoms with E-state index in [-0.39, 0.29) is 28.8 Å². The molecule has 3 aromatic rings. The number of benzene rings is 1. The van der Waals surface area contributed by atoms with Crippen LogP contribution >= 0.6 is 0 Å². The van der Waals surface area contributed by atoms with E-state index in [0.29, 0.717) is 11.3 Å². The summed E-state index contributed by atoms with van der Waals surface area (Å²) in [5, 5.41) is 10.4. The van der Waals surface area contributed by atoms with E-state index < -0.39 is 17.2 Å². The van der Waals surface area contributed by atoms with E-state index in [4.69, 9.17) is 4.42 Å². The van der Waals surface area contributed by atoms with Crippen LogP contribution in [0.25, 0.3) is 22.6 Å². The third-order valence-electron chi connectivity index (χ3n) is 5.51. The molecule has 0 radical (unpaired) electrons. The highest BCUT2D eigenvalue weighted by Gasteiger charge is 2.28. The predicted molar refractivity (Wildman–Crippen MR) is 109 cm³/mol. The molecular formula is C23H24F2N2O3. The van der Waals surface area contributed by atoms with Gasteiger partial charge in [-0.2, -0.15) is 0 Å². The van der Waals surface area contributed by atoms with E-state index in [1.807, 2.05) is 0 Å². The van der Waals surface area contributed by atoms with Crippen LogP contribution in [-0.2, 0) is 5.60 Å². The summed E-state index contributed by atoms with van der Waals surface area (Å²) in [5.74, 6) is -1.41. The topological polar surface area (TPSA) is 68.3 Å². The van der Waals surface area contributed by atoms with Gasteiger partial charge in [-0.3, -0.25) is 4.79 Å². The highest BCUT2D eigenvalue weighted by molar-refractivity contribution is 5.77. The lowest BCUT2D eigenvalue weighted by molar-refractivity contribution is 0.0490. The fraction of sp³-hybridized carbons (Fsp3) is 0.391. The highest BCUT2D eigenvalue weighted by Crippen LogP contribution is 2.37. The molecule has 0 atom stereocenters. The van der Waals surface area contributed by atoms with Crippen molar-refractivity contribution in [3.05, 3.63) is 64.4 Å². The van der Waals surface area contributed by atoms with Crippen LogP contribution in [-0.4, -0.2) is 14.7 Å². The van der Waals surface area contributed by atoms with Crippen molar-refractivity contribution >= 4 is 0 Å². The maximum absolute atomic E-state index is 14.5. The number of pyridine rings is 1. The maximum Gasteiger partial charge on any atom is 0.250 e. The van der Waals surface area contributed by atoms with Gasteiger partial charge in [0.05, 0.1) is 5.56 Å². The molecule has 2 aromatic heterocycles. The molecule has 2 heterocycles. The number of aromatic nitrogens is 2. The van der Waals surface area contributed by atoms with Crippen molar-refractivity contribution in [3.8, 4) is 22.6 Å². The highest BCUT2D eigenvalue weighted by atomic mass is 19.1. The molecule has 0 bridgehead atoms. The van der Waals surface area contributed by atoms with Crippen molar-refractivity contribution in [2.75, 3.05) is 0 Å². The molecule has 1 fully saturated rings. The molecule has 1 aliphatic carbocycles. The molecule has 4 rings (SSSR count). The van der Waals surface area contributed by atoms with E-state index >= 15 is 0 Å². The van der Waals surface area contributed by atoms with Crippen LogP contribution in [0.4, 0.5) is 8.78 Å². The lowest BCUT2D eigenvalue weighted by atomic mass is 9.95. The quantitative estimate of drug-likeness (QED) is 0.639. The fourth-order valence-corrected chi connectivity index (χ4v) is 3.92. The third-order valence-corrected chi connectivity index (χ3v) is 5.51. The fourth-order valence-electron chi connectivity index (χ4n) is 3.92. The molecular weight excluding hydrogens is 390 g/mol. The van der Waals surface area contributed by atoms with Gasteiger partial charge < -0.3 is 14.1 Å². The largest absolute Gasteiger partial charge is 0.437 e. The second-order valence-electron chi connectivity index (χ2n) is 8.34. The van der Waals surface area contributed by atoms with E-state index in [1.54, 1.807) is 16.8 Å². The standard InChI is InChI=1S/C23H24F2N2O3/c1-23(2,29)22-26-20(21(30-22)17-10-9-15(24)12-18(17)25)14-8-11-19(28)27(13-14)16-6-4-3-5-7-16/h8-13,16,29H,3-7H2,1-2H3. The Morgan fingerprint density at radius 1 is 1.13 bits per heavy atom. The Hall–Kier alpha value is -2.80. The van der Waals surface area contributed by atoms with E-state index in [9.17, 15) is 18.7 Å². The van der Waals surface area contributed by atoms with E-state index in [0.717, 1.165) is 44.2 Å². The normalized spacial score (nSPS) is 15.5. The van der Waals surface area contributed by atoms with Crippen LogP contribution in [0.2, 0.25) is 0 Å². The maximum atomic E-state index is 14.5. The van der Waals surface area contributed by atoms with Gasteiger partial charge in [0.25, 0.3) is 5.56 Å². The van der Waals surface area contributed by atoms with Gasteiger partial charge in [-0.15, -0.1) is 0 Å². The summed E-state index contributed by atoms with van der Waals surface area (Å²) in [6, 6.07) is 6.37. The predicted octanol–water partition coefficient (Wildman–Crippen LogP) is 5.18. The van der Waals surface area contributed by atoms with Crippen LogP contribution in [0.15, 0.2) is 45.7 Å². The number of rotatable bonds is 4. The molecule has 1 saturated carbocycles. The molecule has 30 heavy (non-hydrogen) atoms. The molecule has 1 aromatic carbocycles. The average molecular weight is 414 g/mol. The molecule has 0 amide bonds. The van der Waals surface area contributed by atoms with Crippen LogP contribution in [0.1, 0.15) is 57.9 Å². The van der Waals surface area contributed by atoms with Gasteiger partial charge in [0.1, 0.15) is 22.9 Å². The Morgan fingerprint density at radius 3 is 2.53 bits per heavy atom. The average Bonchev–Trinajstić information content (AvgIpc) is 3.15. The van der Waals surface area contributed by atoms with E-state index in [2.05, 4.69) is 4.98 Å². The minimum absolute atomic E-state index is 0.00615. The third kappa shape index (κ3) is 3.94. The molecule has 7 heteroatoms. The molecule has 0 aliphatic heterocycles. The van der Waals surface area contributed by atoms with Gasteiger partial charge in [-0.25, -0.2) is 13.8 Å². The monoisotopic (exact) mass is 414 g/mol. The Kier molecular flexibility index (Phi) is 5.32.